The summed E-state index contributed by atoms with van der Waals surface area (Å²) in [6, 6.07) is 0. The quantitative estimate of drug-likeness (QED) is 0.545. The number of carbonyl (C=O) groups excluding carboxylic acids is 2. The second kappa shape index (κ2) is 5.41. The molecule has 2 aliphatic rings. The van der Waals surface area contributed by atoms with E-state index < -0.39 is 19.0 Å². The molecule has 0 N–H and O–H groups in total. The molecule has 0 bridgehead atoms. The molecule has 2 heterocycles. The first-order valence-corrected chi connectivity index (χ1v) is 8.10. The fourth-order valence-corrected chi connectivity index (χ4v) is 4.03. The zero-order valence-electron chi connectivity index (χ0n) is 10.2. The molecule has 0 spiro atoms. The van der Waals surface area contributed by atoms with Crippen LogP contribution in [0.4, 0.5) is 0 Å². The summed E-state index contributed by atoms with van der Waals surface area (Å²) >= 11 is 0. The molecule has 2 aliphatic heterocycles. The number of amides is 1. The van der Waals surface area contributed by atoms with E-state index >= 15 is 0 Å². The summed E-state index contributed by atoms with van der Waals surface area (Å²) < 4.78 is 16.8. The number of carbonyl (C=O) groups is 2. The van der Waals surface area contributed by atoms with Crippen molar-refractivity contribution >= 4 is 19.2 Å². The van der Waals surface area contributed by atoms with Gasteiger partial charge < -0.3 is 19.1 Å². The predicted molar refractivity (Wildman–Crippen MR) is 62.0 cm³/mol. The number of rotatable bonds is 3. The van der Waals surface area contributed by atoms with E-state index in [1.807, 2.05) is 0 Å². The van der Waals surface area contributed by atoms with Gasteiger partial charge in [-0.3, -0.25) is 9.59 Å². The molecule has 1 amide bonds. The Hall–Kier alpha value is -0.870. The van der Waals surface area contributed by atoms with Gasteiger partial charge in [-0.25, -0.2) is 0 Å². The van der Waals surface area contributed by atoms with Crippen molar-refractivity contribution in [3.63, 3.8) is 0 Å². The minimum atomic E-state index is -3.79. The number of cyclic esters (lactones) is 1. The molecule has 6 nitrogen and oxygen atoms in total. The van der Waals surface area contributed by atoms with E-state index in [-0.39, 0.29) is 25.2 Å². The Labute approximate surface area is 106 Å². The average Bonchev–Trinajstić information content (AvgIpc) is 2.65. The van der Waals surface area contributed by atoms with Crippen LogP contribution in [0.1, 0.15) is 32.1 Å². The van der Waals surface area contributed by atoms with E-state index in [1.165, 1.54) is 4.90 Å². The van der Waals surface area contributed by atoms with Crippen molar-refractivity contribution in [3.05, 3.63) is 0 Å². The van der Waals surface area contributed by atoms with Crippen molar-refractivity contribution in [2.24, 2.45) is 0 Å². The van der Waals surface area contributed by atoms with Gasteiger partial charge in [0.25, 0.3) is 0 Å². The highest BCUT2D eigenvalue weighted by Crippen LogP contribution is 2.46. The number of hydrogen-bond acceptors (Lipinski definition) is 5. The third-order valence-corrected chi connectivity index (χ3v) is 5.61. The van der Waals surface area contributed by atoms with Gasteiger partial charge in [0.15, 0.2) is 0 Å². The zero-order valence-corrected chi connectivity index (χ0v) is 11.1. The zero-order chi connectivity index (χ0) is 13.2. The first-order valence-electron chi connectivity index (χ1n) is 6.22. The minimum absolute atomic E-state index is 0.0678. The van der Waals surface area contributed by atoms with Crippen LogP contribution in [0.3, 0.4) is 0 Å². The highest BCUT2D eigenvalue weighted by Gasteiger charge is 2.34. The predicted octanol–water partition coefficient (Wildman–Crippen LogP) is 0.300. The maximum atomic E-state index is 12.1. The maximum absolute atomic E-state index is 12.1. The van der Waals surface area contributed by atoms with Crippen LogP contribution in [-0.4, -0.2) is 41.9 Å². The lowest BCUT2D eigenvalue weighted by atomic mass is 10.2. The van der Waals surface area contributed by atoms with Gasteiger partial charge in [0, 0.05) is 26.0 Å². The topological polar surface area (TPSA) is 86.7 Å². The summed E-state index contributed by atoms with van der Waals surface area (Å²) in [5.74, 6) is -0.577. The Balaban J connectivity index is 2.00. The highest BCUT2D eigenvalue weighted by atomic mass is 31.2. The Kier molecular flexibility index (Phi) is 4.07. The van der Waals surface area contributed by atoms with Crippen LogP contribution in [0.5, 0.6) is 0 Å². The number of esters is 1. The van der Waals surface area contributed by atoms with Gasteiger partial charge in [0.1, 0.15) is 6.61 Å². The van der Waals surface area contributed by atoms with Crippen LogP contribution >= 0.6 is 7.37 Å². The standard InChI is InChI=1S/C11H18NO5P/c13-10-4-2-1-3-5-12(10)8-18(15,16)9-6-11(14)17-7-9/h9H,1-8H2,(H,15,16)/p-1. The number of nitrogens with zero attached hydrogens (tertiary/aromatic N) is 1. The fourth-order valence-electron chi connectivity index (χ4n) is 2.29. The van der Waals surface area contributed by atoms with E-state index in [1.54, 1.807) is 0 Å². The molecule has 0 aromatic heterocycles. The van der Waals surface area contributed by atoms with Gasteiger partial charge in [-0.15, -0.1) is 0 Å². The lowest BCUT2D eigenvalue weighted by Crippen LogP contribution is -2.35. The summed E-state index contributed by atoms with van der Waals surface area (Å²) in [5, 5.41) is 0. The number of likely N-dealkylation sites (tertiary alicyclic amines) is 1. The third kappa shape index (κ3) is 3.12. The molecular formula is C11H17NO5P-. The lowest BCUT2D eigenvalue weighted by molar-refractivity contribution is -0.180. The highest BCUT2D eigenvalue weighted by molar-refractivity contribution is 7.57. The van der Waals surface area contributed by atoms with E-state index in [4.69, 9.17) is 0 Å². The molecule has 0 radical (unpaired) electrons. The number of hydrogen-bond donors (Lipinski definition) is 0. The molecule has 2 rings (SSSR count). The molecule has 0 aromatic carbocycles. The summed E-state index contributed by atoms with van der Waals surface area (Å²) in [5.41, 5.74) is -0.763. The molecule has 102 valence electrons. The third-order valence-electron chi connectivity index (χ3n) is 3.43. The van der Waals surface area contributed by atoms with Crippen molar-refractivity contribution < 1.29 is 23.8 Å². The Morgan fingerprint density at radius 2 is 2.11 bits per heavy atom. The van der Waals surface area contributed by atoms with Crippen molar-refractivity contribution in [2.45, 2.75) is 37.8 Å². The first-order chi connectivity index (χ1) is 8.49. The molecule has 0 aliphatic carbocycles. The van der Waals surface area contributed by atoms with Crippen LogP contribution < -0.4 is 4.89 Å². The van der Waals surface area contributed by atoms with Crippen molar-refractivity contribution in [3.8, 4) is 0 Å². The lowest BCUT2D eigenvalue weighted by Gasteiger charge is -2.33. The molecule has 0 saturated carbocycles. The molecular weight excluding hydrogens is 257 g/mol. The fraction of sp³-hybridized carbons (Fsp3) is 0.818. The van der Waals surface area contributed by atoms with Gasteiger partial charge in [-0.2, -0.15) is 0 Å². The smallest absolute Gasteiger partial charge is 0.306 e. The summed E-state index contributed by atoms with van der Waals surface area (Å²) in [6.45, 7) is 0.425. The van der Waals surface area contributed by atoms with E-state index in [9.17, 15) is 19.0 Å². The molecule has 2 fully saturated rings. The monoisotopic (exact) mass is 274 g/mol. The molecule has 2 saturated heterocycles. The average molecular weight is 274 g/mol. The van der Waals surface area contributed by atoms with Gasteiger partial charge in [0.2, 0.25) is 5.91 Å². The van der Waals surface area contributed by atoms with E-state index in [0.29, 0.717) is 13.0 Å². The largest absolute Gasteiger partial charge is 0.798 e. The second-order valence-electron chi connectivity index (χ2n) is 4.88. The first kappa shape index (κ1) is 13.6. The van der Waals surface area contributed by atoms with Crippen molar-refractivity contribution in [1.82, 2.24) is 4.90 Å². The van der Waals surface area contributed by atoms with Gasteiger partial charge in [0.05, 0.1) is 12.7 Å². The Bertz CT molecular complexity index is 397. The van der Waals surface area contributed by atoms with Crippen LogP contribution in [0.15, 0.2) is 0 Å². The second-order valence-corrected chi connectivity index (χ2v) is 7.34. The van der Waals surface area contributed by atoms with Crippen LogP contribution in [0.2, 0.25) is 0 Å². The molecule has 0 aromatic rings. The van der Waals surface area contributed by atoms with Gasteiger partial charge in [-0.1, -0.05) is 6.42 Å². The Morgan fingerprint density at radius 1 is 1.33 bits per heavy atom. The normalized spacial score (nSPS) is 28.7. The van der Waals surface area contributed by atoms with E-state index in [0.717, 1.165) is 19.3 Å². The minimum Gasteiger partial charge on any atom is -0.798 e. The SMILES string of the molecule is O=C1CC(P(=O)([O-])CN2CCCCCC2=O)CO1. The molecule has 2 atom stereocenters. The summed E-state index contributed by atoms with van der Waals surface area (Å²) in [7, 11) is -3.79. The van der Waals surface area contributed by atoms with Crippen LogP contribution in [0, 0.1) is 0 Å². The Morgan fingerprint density at radius 3 is 2.78 bits per heavy atom. The summed E-state index contributed by atoms with van der Waals surface area (Å²) in [4.78, 5) is 36.2. The van der Waals surface area contributed by atoms with Crippen LogP contribution in [0.25, 0.3) is 0 Å². The molecule has 2 unspecified atom stereocenters. The maximum Gasteiger partial charge on any atom is 0.306 e. The summed E-state index contributed by atoms with van der Waals surface area (Å²) in [6.07, 6.45) is 2.70. The number of ether oxygens (including phenoxy) is 1. The molecule has 7 heteroatoms. The molecule has 18 heavy (non-hydrogen) atoms. The van der Waals surface area contributed by atoms with Crippen LogP contribution in [-0.2, 0) is 18.9 Å². The van der Waals surface area contributed by atoms with Gasteiger partial charge >= 0.3 is 5.97 Å². The van der Waals surface area contributed by atoms with E-state index in [2.05, 4.69) is 4.74 Å². The van der Waals surface area contributed by atoms with Gasteiger partial charge in [-0.05, 0) is 12.8 Å². The van der Waals surface area contributed by atoms with Crippen molar-refractivity contribution in [2.75, 3.05) is 19.4 Å². The van der Waals surface area contributed by atoms with Crippen molar-refractivity contribution in [1.29, 1.82) is 0 Å².